The molecule has 0 saturated carbocycles. The van der Waals surface area contributed by atoms with E-state index in [9.17, 15) is 5.11 Å². The second kappa shape index (κ2) is 7.51. The molecular formula is C16H25NO2. The molecule has 1 aliphatic rings. The summed E-state index contributed by atoms with van der Waals surface area (Å²) >= 11 is 0. The number of piperidine rings is 1. The summed E-state index contributed by atoms with van der Waals surface area (Å²) < 4.78 is 5.78. The highest BCUT2D eigenvalue weighted by atomic mass is 16.5. The number of likely N-dealkylation sites (tertiary alicyclic amines) is 1. The Morgan fingerprint density at radius 2 is 2.11 bits per heavy atom. The minimum atomic E-state index is -0.0794. The summed E-state index contributed by atoms with van der Waals surface area (Å²) in [5.74, 6) is 0.980. The summed E-state index contributed by atoms with van der Waals surface area (Å²) in [7, 11) is 0. The van der Waals surface area contributed by atoms with Gasteiger partial charge in [-0.3, -0.25) is 0 Å². The molecule has 3 heteroatoms. The standard InChI is InChI=1S/C16H25NO2/c1-2-14-5-3-6-16(13-14)19-12-4-9-17-10-7-15(18)8-11-17/h3,5-6,13,15,18H,2,4,7-12H2,1H3. The molecule has 3 nitrogen and oxygen atoms in total. The summed E-state index contributed by atoms with van der Waals surface area (Å²) in [5, 5.41) is 9.45. The van der Waals surface area contributed by atoms with E-state index in [4.69, 9.17) is 4.74 Å². The van der Waals surface area contributed by atoms with Crippen LogP contribution in [0.25, 0.3) is 0 Å². The maximum Gasteiger partial charge on any atom is 0.119 e. The fraction of sp³-hybridized carbons (Fsp3) is 0.625. The van der Waals surface area contributed by atoms with Gasteiger partial charge in [0.2, 0.25) is 0 Å². The van der Waals surface area contributed by atoms with Crippen LogP contribution in [0.5, 0.6) is 5.75 Å². The van der Waals surface area contributed by atoms with Gasteiger partial charge in [0.25, 0.3) is 0 Å². The Balaban J connectivity index is 1.63. The Kier molecular flexibility index (Phi) is 5.67. The molecule has 1 N–H and O–H groups in total. The fourth-order valence-electron chi connectivity index (χ4n) is 2.48. The molecule has 106 valence electrons. The van der Waals surface area contributed by atoms with E-state index < -0.39 is 0 Å². The van der Waals surface area contributed by atoms with Crippen LogP contribution in [0.15, 0.2) is 24.3 Å². The number of aliphatic hydroxyl groups excluding tert-OH is 1. The Hall–Kier alpha value is -1.06. The zero-order chi connectivity index (χ0) is 13.5. The van der Waals surface area contributed by atoms with Crippen molar-refractivity contribution in [1.29, 1.82) is 0 Å². The molecule has 0 spiro atoms. The normalized spacial score (nSPS) is 17.6. The third kappa shape index (κ3) is 4.84. The van der Waals surface area contributed by atoms with Crippen LogP contribution in [0, 0.1) is 0 Å². The van der Waals surface area contributed by atoms with Gasteiger partial charge in [-0.2, -0.15) is 0 Å². The van der Waals surface area contributed by atoms with E-state index in [2.05, 4.69) is 30.0 Å². The number of aliphatic hydroxyl groups is 1. The molecule has 1 heterocycles. The van der Waals surface area contributed by atoms with Gasteiger partial charge in [-0.25, -0.2) is 0 Å². The van der Waals surface area contributed by atoms with Crippen LogP contribution in [0.2, 0.25) is 0 Å². The SMILES string of the molecule is CCc1cccc(OCCCN2CCC(O)CC2)c1. The summed E-state index contributed by atoms with van der Waals surface area (Å²) in [6, 6.07) is 8.33. The van der Waals surface area contributed by atoms with Crippen molar-refractivity contribution in [3.8, 4) is 5.75 Å². The molecule has 19 heavy (non-hydrogen) atoms. The second-order valence-corrected chi connectivity index (χ2v) is 5.28. The van der Waals surface area contributed by atoms with Crippen molar-refractivity contribution in [2.45, 2.75) is 38.7 Å². The lowest BCUT2D eigenvalue weighted by Crippen LogP contribution is -2.36. The molecule has 0 aliphatic carbocycles. The third-order valence-corrected chi connectivity index (χ3v) is 3.75. The van der Waals surface area contributed by atoms with Gasteiger partial charge < -0.3 is 14.7 Å². The average molecular weight is 263 g/mol. The topological polar surface area (TPSA) is 32.7 Å². The van der Waals surface area contributed by atoms with E-state index in [-0.39, 0.29) is 6.10 Å². The molecule has 0 aromatic heterocycles. The van der Waals surface area contributed by atoms with Crippen molar-refractivity contribution in [3.05, 3.63) is 29.8 Å². The predicted octanol–water partition coefficient (Wildman–Crippen LogP) is 2.47. The minimum Gasteiger partial charge on any atom is -0.494 e. The Labute approximate surface area is 116 Å². The first-order valence-corrected chi connectivity index (χ1v) is 7.40. The van der Waals surface area contributed by atoms with Crippen LogP contribution in [-0.4, -0.2) is 42.4 Å². The van der Waals surface area contributed by atoms with Crippen LogP contribution >= 0.6 is 0 Å². The molecular weight excluding hydrogens is 238 g/mol. The molecule has 1 aliphatic heterocycles. The van der Waals surface area contributed by atoms with E-state index in [1.807, 2.05) is 6.07 Å². The zero-order valence-electron chi connectivity index (χ0n) is 11.8. The summed E-state index contributed by atoms with van der Waals surface area (Å²) in [6.07, 6.45) is 3.85. The van der Waals surface area contributed by atoms with Gasteiger partial charge in [-0.15, -0.1) is 0 Å². The highest BCUT2D eigenvalue weighted by Gasteiger charge is 2.15. The van der Waals surface area contributed by atoms with E-state index in [1.165, 1.54) is 5.56 Å². The van der Waals surface area contributed by atoms with Crippen molar-refractivity contribution < 1.29 is 9.84 Å². The monoisotopic (exact) mass is 263 g/mol. The van der Waals surface area contributed by atoms with Crippen molar-refractivity contribution >= 4 is 0 Å². The number of rotatable bonds is 6. The number of benzene rings is 1. The van der Waals surface area contributed by atoms with Crippen LogP contribution in [-0.2, 0) is 6.42 Å². The first kappa shape index (κ1) is 14.4. The van der Waals surface area contributed by atoms with Crippen LogP contribution in [0.4, 0.5) is 0 Å². The summed E-state index contributed by atoms with van der Waals surface area (Å²) in [4.78, 5) is 2.42. The smallest absolute Gasteiger partial charge is 0.119 e. The molecule has 0 radical (unpaired) electrons. The lowest BCUT2D eigenvalue weighted by molar-refractivity contribution is 0.0800. The summed E-state index contributed by atoms with van der Waals surface area (Å²) in [5.41, 5.74) is 1.32. The number of aryl methyl sites for hydroxylation is 1. The molecule has 0 amide bonds. The first-order valence-electron chi connectivity index (χ1n) is 7.40. The van der Waals surface area contributed by atoms with Gasteiger partial charge in [0, 0.05) is 19.6 Å². The number of nitrogens with zero attached hydrogens (tertiary/aromatic N) is 1. The van der Waals surface area contributed by atoms with E-state index in [0.717, 1.165) is 57.7 Å². The van der Waals surface area contributed by atoms with E-state index in [0.29, 0.717) is 0 Å². The average Bonchev–Trinajstić information content (AvgIpc) is 2.46. The van der Waals surface area contributed by atoms with Crippen molar-refractivity contribution in [1.82, 2.24) is 4.90 Å². The quantitative estimate of drug-likeness (QED) is 0.800. The van der Waals surface area contributed by atoms with Crippen molar-refractivity contribution in [2.24, 2.45) is 0 Å². The van der Waals surface area contributed by atoms with Crippen molar-refractivity contribution in [3.63, 3.8) is 0 Å². The van der Waals surface area contributed by atoms with Gasteiger partial charge >= 0.3 is 0 Å². The molecule has 0 atom stereocenters. The van der Waals surface area contributed by atoms with Gasteiger partial charge in [0.05, 0.1) is 12.7 Å². The van der Waals surface area contributed by atoms with E-state index >= 15 is 0 Å². The van der Waals surface area contributed by atoms with Gasteiger partial charge in [-0.1, -0.05) is 19.1 Å². The Bertz CT molecular complexity index is 373. The molecule has 2 rings (SSSR count). The predicted molar refractivity (Wildman–Crippen MR) is 77.6 cm³/mol. The highest BCUT2D eigenvalue weighted by Crippen LogP contribution is 2.14. The molecule has 1 aromatic rings. The van der Waals surface area contributed by atoms with Gasteiger partial charge in [0.15, 0.2) is 0 Å². The first-order chi connectivity index (χ1) is 9.28. The molecule has 0 bridgehead atoms. The maximum absolute atomic E-state index is 9.45. The molecule has 0 unspecified atom stereocenters. The Morgan fingerprint density at radius 1 is 1.32 bits per heavy atom. The van der Waals surface area contributed by atoms with Crippen LogP contribution < -0.4 is 4.74 Å². The Morgan fingerprint density at radius 3 is 2.84 bits per heavy atom. The van der Waals surface area contributed by atoms with Gasteiger partial charge in [-0.05, 0) is 43.4 Å². The largest absolute Gasteiger partial charge is 0.494 e. The minimum absolute atomic E-state index is 0.0794. The lowest BCUT2D eigenvalue weighted by atomic mass is 10.1. The highest BCUT2D eigenvalue weighted by molar-refractivity contribution is 5.28. The van der Waals surface area contributed by atoms with Crippen molar-refractivity contribution in [2.75, 3.05) is 26.2 Å². The number of ether oxygens (including phenoxy) is 1. The van der Waals surface area contributed by atoms with E-state index in [1.54, 1.807) is 0 Å². The summed E-state index contributed by atoms with van der Waals surface area (Å²) in [6.45, 7) is 6.04. The van der Waals surface area contributed by atoms with Crippen LogP contribution in [0.1, 0.15) is 31.7 Å². The molecule has 1 fully saturated rings. The molecule has 1 saturated heterocycles. The number of hydrogen-bond donors (Lipinski definition) is 1. The van der Waals surface area contributed by atoms with Gasteiger partial charge in [0.1, 0.15) is 5.75 Å². The number of hydrogen-bond acceptors (Lipinski definition) is 3. The maximum atomic E-state index is 9.45. The third-order valence-electron chi connectivity index (χ3n) is 3.75. The van der Waals surface area contributed by atoms with Crippen LogP contribution in [0.3, 0.4) is 0 Å². The zero-order valence-corrected chi connectivity index (χ0v) is 11.8. The fourth-order valence-corrected chi connectivity index (χ4v) is 2.48. The molecule has 1 aromatic carbocycles. The lowest BCUT2D eigenvalue weighted by Gasteiger charge is -2.29. The second-order valence-electron chi connectivity index (χ2n) is 5.28.